The molecule has 8 atom stereocenters. The number of hydrogen-bond acceptors (Lipinski definition) is 5. The van der Waals surface area contributed by atoms with Gasteiger partial charge in [-0.3, -0.25) is 4.79 Å². The van der Waals surface area contributed by atoms with Gasteiger partial charge in [0.05, 0.1) is 23.4 Å². The number of carbonyl (C=O) groups excluding carboxylic acids is 1. The summed E-state index contributed by atoms with van der Waals surface area (Å²) >= 11 is 0. The highest BCUT2D eigenvalue weighted by molar-refractivity contribution is 5.74. The third-order valence-electron chi connectivity index (χ3n) is 10.3. The van der Waals surface area contributed by atoms with Crippen molar-refractivity contribution in [2.45, 2.75) is 116 Å². The second-order valence-electron chi connectivity index (χ2n) is 13.1. The van der Waals surface area contributed by atoms with Crippen molar-refractivity contribution in [3.63, 3.8) is 0 Å². The van der Waals surface area contributed by atoms with Crippen molar-refractivity contribution in [3.05, 3.63) is 34.4 Å². The van der Waals surface area contributed by atoms with Crippen LogP contribution in [0.4, 0.5) is 0 Å². The van der Waals surface area contributed by atoms with E-state index in [9.17, 15) is 20.1 Å². The topological polar surface area (TPSA) is 87.0 Å². The van der Waals surface area contributed by atoms with E-state index in [1.54, 1.807) is 0 Å². The standard InChI is InChI=1S/C31H48O5/c1-19-9-10-25(29(4,5)34)22(14-19)15-20(2)28(33)23-16-27-31(17-23)26(8-7-13-36-27)24(21(3)18-32)11-12-30(31,6)35/h14-15,18,22-23,25-28,33-35H,7-13,16-17H2,1-6H3/b20-15+,24-21+/t22-,23-,25+,26-,27-,28-,30+,31-/m1/s1. The maximum absolute atomic E-state index is 11.9. The Balaban J connectivity index is 1.66. The summed E-state index contributed by atoms with van der Waals surface area (Å²) in [6, 6.07) is 0. The zero-order valence-corrected chi connectivity index (χ0v) is 23.2. The Morgan fingerprint density at radius 2 is 1.97 bits per heavy atom. The number of carbonyl (C=O) groups is 1. The molecule has 0 radical (unpaired) electrons. The molecule has 1 spiro atoms. The second kappa shape index (κ2) is 10.1. The molecule has 0 amide bonds. The lowest BCUT2D eigenvalue weighted by Gasteiger charge is -2.55. The highest BCUT2D eigenvalue weighted by Crippen LogP contribution is 2.64. The molecule has 0 bridgehead atoms. The van der Waals surface area contributed by atoms with Gasteiger partial charge in [-0.15, -0.1) is 0 Å². The highest BCUT2D eigenvalue weighted by Gasteiger charge is 2.65. The van der Waals surface area contributed by atoms with Crippen molar-refractivity contribution in [1.29, 1.82) is 0 Å². The molecule has 202 valence electrons. The second-order valence-corrected chi connectivity index (χ2v) is 13.1. The molecule has 3 N–H and O–H groups in total. The fraction of sp³-hybridized carbons (Fsp3) is 0.774. The van der Waals surface area contributed by atoms with Crippen molar-refractivity contribution in [3.8, 4) is 0 Å². The quantitative estimate of drug-likeness (QED) is 0.271. The fourth-order valence-electron chi connectivity index (χ4n) is 8.35. The summed E-state index contributed by atoms with van der Waals surface area (Å²) in [6.07, 6.45) is 11.1. The fourth-order valence-corrected chi connectivity index (χ4v) is 8.35. The van der Waals surface area contributed by atoms with Crippen LogP contribution in [0, 0.1) is 29.1 Å². The van der Waals surface area contributed by atoms with Crippen LogP contribution in [-0.4, -0.2) is 51.6 Å². The first-order valence-corrected chi connectivity index (χ1v) is 14.1. The van der Waals surface area contributed by atoms with Gasteiger partial charge in [-0.05, 0) is 122 Å². The minimum absolute atomic E-state index is 0.0246. The molecule has 5 nitrogen and oxygen atoms in total. The Kier molecular flexibility index (Phi) is 7.81. The van der Waals surface area contributed by atoms with Gasteiger partial charge in [0.25, 0.3) is 0 Å². The number of aldehydes is 1. The maximum Gasteiger partial charge on any atom is 0.145 e. The number of rotatable bonds is 5. The Labute approximate surface area is 217 Å². The first kappa shape index (κ1) is 27.8. The van der Waals surface area contributed by atoms with Gasteiger partial charge in [0.2, 0.25) is 0 Å². The smallest absolute Gasteiger partial charge is 0.145 e. The molecule has 3 aliphatic carbocycles. The number of aliphatic hydroxyl groups excluding tert-OH is 1. The van der Waals surface area contributed by atoms with Crippen molar-refractivity contribution < 1.29 is 24.9 Å². The molecule has 4 aliphatic rings. The molecule has 3 fully saturated rings. The normalized spacial score (nSPS) is 42.1. The van der Waals surface area contributed by atoms with Crippen LogP contribution in [0.25, 0.3) is 0 Å². The third kappa shape index (κ3) is 4.81. The monoisotopic (exact) mass is 500 g/mol. The van der Waals surface area contributed by atoms with Crippen molar-refractivity contribution >= 4 is 6.29 Å². The maximum atomic E-state index is 11.9. The van der Waals surface area contributed by atoms with Crippen LogP contribution >= 0.6 is 0 Å². The number of aliphatic hydroxyl groups is 3. The van der Waals surface area contributed by atoms with Crippen molar-refractivity contribution in [2.75, 3.05) is 6.61 Å². The van der Waals surface area contributed by atoms with E-state index in [0.717, 1.165) is 49.5 Å². The van der Waals surface area contributed by atoms with Crippen LogP contribution in [0.5, 0.6) is 0 Å². The largest absolute Gasteiger partial charge is 0.390 e. The van der Waals surface area contributed by atoms with E-state index < -0.39 is 22.7 Å². The lowest BCUT2D eigenvalue weighted by molar-refractivity contribution is -0.166. The van der Waals surface area contributed by atoms with Gasteiger partial charge in [-0.25, -0.2) is 0 Å². The van der Waals surface area contributed by atoms with E-state index in [2.05, 4.69) is 19.1 Å². The van der Waals surface area contributed by atoms with Gasteiger partial charge in [-0.1, -0.05) is 23.3 Å². The molecule has 0 aromatic carbocycles. The lowest BCUT2D eigenvalue weighted by Crippen LogP contribution is -2.58. The number of hydrogen-bond donors (Lipinski definition) is 3. The summed E-state index contributed by atoms with van der Waals surface area (Å²) in [4.78, 5) is 11.8. The van der Waals surface area contributed by atoms with Gasteiger partial charge in [0, 0.05) is 17.9 Å². The molecule has 1 heterocycles. The minimum atomic E-state index is -0.916. The average molecular weight is 501 g/mol. The molecule has 0 aromatic heterocycles. The molecular formula is C31H48O5. The van der Waals surface area contributed by atoms with Gasteiger partial charge in [0.1, 0.15) is 6.29 Å². The number of ether oxygens (including phenoxy) is 1. The van der Waals surface area contributed by atoms with Crippen molar-refractivity contribution in [1.82, 2.24) is 0 Å². The highest BCUT2D eigenvalue weighted by atomic mass is 16.5. The average Bonchev–Trinajstić information content (AvgIpc) is 3.09. The number of allylic oxidation sites excluding steroid dienone is 5. The van der Waals surface area contributed by atoms with E-state index >= 15 is 0 Å². The molecule has 0 unspecified atom stereocenters. The molecule has 1 saturated heterocycles. The van der Waals surface area contributed by atoms with Crippen LogP contribution in [-0.2, 0) is 9.53 Å². The van der Waals surface area contributed by atoms with Gasteiger partial charge in [0.15, 0.2) is 0 Å². The molecule has 4 rings (SSSR count). The van der Waals surface area contributed by atoms with Crippen LogP contribution in [0.2, 0.25) is 0 Å². The van der Waals surface area contributed by atoms with Crippen LogP contribution in [0.1, 0.15) is 92.9 Å². The Hall–Kier alpha value is -1.27. The van der Waals surface area contributed by atoms with E-state index in [-0.39, 0.29) is 29.8 Å². The van der Waals surface area contributed by atoms with Gasteiger partial charge in [-0.2, -0.15) is 0 Å². The Morgan fingerprint density at radius 3 is 2.64 bits per heavy atom. The molecule has 36 heavy (non-hydrogen) atoms. The van der Waals surface area contributed by atoms with E-state index in [4.69, 9.17) is 4.74 Å². The minimum Gasteiger partial charge on any atom is -0.390 e. The van der Waals surface area contributed by atoms with E-state index in [1.165, 1.54) is 11.1 Å². The van der Waals surface area contributed by atoms with Crippen LogP contribution in [0.3, 0.4) is 0 Å². The zero-order valence-electron chi connectivity index (χ0n) is 23.2. The summed E-state index contributed by atoms with van der Waals surface area (Å²) in [5.41, 5.74) is 2.05. The summed E-state index contributed by atoms with van der Waals surface area (Å²) < 4.78 is 6.43. The third-order valence-corrected chi connectivity index (χ3v) is 10.3. The van der Waals surface area contributed by atoms with Gasteiger partial charge < -0.3 is 20.1 Å². The summed E-state index contributed by atoms with van der Waals surface area (Å²) in [6.45, 7) is 12.4. The molecule has 5 heteroatoms. The molecule has 2 saturated carbocycles. The molecular weight excluding hydrogens is 452 g/mol. The SMILES string of the molecule is CC1=C[C@H](/C=C(\C)[C@@H](O)[C@@H]2C[C@H]3OCCC[C@@H]4/C(=C(\C)C=O)CC[C@](C)(O)[C@]43C2)[C@@H](C(C)(C)O)CC1. The van der Waals surface area contributed by atoms with E-state index in [1.807, 2.05) is 34.6 Å². The Bertz CT molecular complexity index is 935. The van der Waals surface area contributed by atoms with Crippen LogP contribution < -0.4 is 0 Å². The summed E-state index contributed by atoms with van der Waals surface area (Å²) in [7, 11) is 0. The first-order chi connectivity index (χ1) is 16.8. The Morgan fingerprint density at radius 1 is 1.25 bits per heavy atom. The lowest BCUT2D eigenvalue weighted by atomic mass is 9.53. The molecule has 1 aliphatic heterocycles. The summed E-state index contributed by atoms with van der Waals surface area (Å²) in [5, 5.41) is 34.3. The molecule has 0 aromatic rings. The summed E-state index contributed by atoms with van der Waals surface area (Å²) in [5.74, 6) is 0.278. The first-order valence-electron chi connectivity index (χ1n) is 14.1. The van der Waals surface area contributed by atoms with E-state index in [0.29, 0.717) is 25.9 Å². The van der Waals surface area contributed by atoms with Gasteiger partial charge >= 0.3 is 0 Å². The van der Waals surface area contributed by atoms with Crippen LogP contribution in [0.15, 0.2) is 34.4 Å². The predicted octanol–water partition coefficient (Wildman–Crippen LogP) is 5.29. The zero-order chi connectivity index (χ0) is 26.5. The van der Waals surface area contributed by atoms with Crippen molar-refractivity contribution in [2.24, 2.45) is 29.1 Å². The predicted molar refractivity (Wildman–Crippen MR) is 142 cm³/mol.